The van der Waals surface area contributed by atoms with E-state index in [9.17, 15) is 23.5 Å². The van der Waals surface area contributed by atoms with E-state index < -0.39 is 12.6 Å². The number of rotatable bonds is 10. The number of nitrogens with two attached hydrogens (primary N) is 1. The molecule has 0 aliphatic carbocycles. The molecule has 3 aromatic heterocycles. The first-order valence-electron chi connectivity index (χ1n) is 15.3. The summed E-state index contributed by atoms with van der Waals surface area (Å²) in [6, 6.07) is 9.55. The fourth-order valence-electron chi connectivity index (χ4n) is 6.27. The second kappa shape index (κ2) is 13.8. The van der Waals surface area contributed by atoms with Crippen LogP contribution in [0.5, 0.6) is 5.75 Å². The minimum Gasteiger partial charge on any atom is -0.508 e. The molecule has 2 aliphatic heterocycles. The topological polar surface area (TPSA) is 135 Å². The number of benzene rings is 1. The van der Waals surface area contributed by atoms with Crippen LogP contribution in [0.25, 0.3) is 21.1 Å². The summed E-state index contributed by atoms with van der Waals surface area (Å²) < 4.78 is 46.3. The molecule has 4 aromatic rings. The molecule has 0 spiro atoms. The van der Waals surface area contributed by atoms with Crippen LogP contribution in [0.2, 0.25) is 0 Å². The highest BCUT2D eigenvalue weighted by Crippen LogP contribution is 2.35. The number of nitrogens with zero attached hydrogens (tertiary/aromatic N) is 7. The smallest absolute Gasteiger partial charge is 0.393 e. The molecule has 16 heteroatoms. The quantitative estimate of drug-likeness (QED) is 0.179. The zero-order valence-corrected chi connectivity index (χ0v) is 27.1. The van der Waals surface area contributed by atoms with E-state index in [-0.39, 0.29) is 22.6 Å². The van der Waals surface area contributed by atoms with Gasteiger partial charge in [-0.2, -0.15) is 23.4 Å². The third-order valence-corrected chi connectivity index (χ3v) is 10.4. The van der Waals surface area contributed by atoms with Gasteiger partial charge in [-0.3, -0.25) is 14.5 Å². The van der Waals surface area contributed by atoms with Gasteiger partial charge in [0.25, 0.3) is 0 Å². The van der Waals surface area contributed by atoms with Crippen LogP contribution in [-0.2, 0) is 19.5 Å². The molecule has 0 amide bonds. The number of piperidine rings is 1. The third-order valence-electron chi connectivity index (χ3n) is 8.57. The Morgan fingerprint density at radius 2 is 1.83 bits per heavy atom. The highest BCUT2D eigenvalue weighted by Gasteiger charge is 2.30. The lowest BCUT2D eigenvalue weighted by molar-refractivity contribution is -0.126. The summed E-state index contributed by atoms with van der Waals surface area (Å²) in [7, 11) is 1.92. The van der Waals surface area contributed by atoms with Gasteiger partial charge in [0.1, 0.15) is 28.2 Å². The number of hydrogen-bond acceptors (Lipinski definition) is 12. The van der Waals surface area contributed by atoms with Gasteiger partial charge in [-0.15, -0.1) is 11.3 Å². The van der Waals surface area contributed by atoms with E-state index in [2.05, 4.69) is 40.2 Å². The van der Waals surface area contributed by atoms with Gasteiger partial charge >= 0.3 is 6.18 Å². The van der Waals surface area contributed by atoms with Gasteiger partial charge in [0.15, 0.2) is 0 Å². The molecule has 5 N–H and O–H groups in total. The van der Waals surface area contributed by atoms with E-state index in [1.807, 2.05) is 23.7 Å². The summed E-state index contributed by atoms with van der Waals surface area (Å²) in [4.78, 5) is 13.7. The Labute approximate surface area is 273 Å². The first-order chi connectivity index (χ1) is 22.1. The minimum atomic E-state index is -4.30. The molecule has 11 nitrogen and oxygen atoms in total. The molecule has 2 aliphatic rings. The fourth-order valence-corrected chi connectivity index (χ4v) is 7.94. The third kappa shape index (κ3) is 7.62. The highest BCUT2D eigenvalue weighted by molar-refractivity contribution is 7.95. The van der Waals surface area contributed by atoms with Crippen molar-refractivity contribution >= 4 is 56.4 Å². The van der Waals surface area contributed by atoms with E-state index in [0.29, 0.717) is 34.8 Å². The number of aromatic hydroxyl groups is 1. The maximum absolute atomic E-state index is 13.0. The number of anilines is 2. The molecular formula is C30H37F3N10OS2. The number of phenols is 1. The van der Waals surface area contributed by atoms with Crippen molar-refractivity contribution in [2.75, 3.05) is 63.9 Å². The van der Waals surface area contributed by atoms with Gasteiger partial charge in [-0.05, 0) is 38.1 Å². The van der Waals surface area contributed by atoms with Crippen LogP contribution in [0.1, 0.15) is 29.0 Å². The molecule has 46 heavy (non-hydrogen) atoms. The Morgan fingerprint density at radius 3 is 2.52 bits per heavy atom. The number of fused-ring (bicyclic) bond motifs is 2. The monoisotopic (exact) mass is 674 g/mol. The van der Waals surface area contributed by atoms with Crippen molar-refractivity contribution in [3.05, 3.63) is 40.4 Å². The number of nitrogens with one attached hydrogen (secondary N) is 2. The molecule has 2 fully saturated rings. The second-order valence-corrected chi connectivity index (χ2v) is 14.0. The molecule has 246 valence electrons. The standard InChI is InChI=1S/C30H37F3N10OS2/c1-36-46-42-9-6-40(7-10-42)8-11-43-22(17-34)13-19-12-20(26(44)15-25(19)43)18-41-4-2-21(3-5-41)37-27-24-14-23(16-30(31,32)33)45-28(24)39-29(35)38-27/h12-15,21,36,44H,2-11,16,18H2,1H3,(H3,35,37,38,39). The number of halogens is 3. The number of thiophene rings is 1. The SMILES string of the molecule is CNSN1CCN(CCn2c(C#N)cc3cc(CN4CCC(Nc5nc(N)nc6sc(CC(F)(F)F)cc56)CC4)c(O)cc32)CC1. The van der Waals surface area contributed by atoms with Crippen LogP contribution in [0.15, 0.2) is 24.3 Å². The van der Waals surface area contributed by atoms with Gasteiger partial charge in [0, 0.05) is 99.0 Å². The molecule has 0 radical (unpaired) electrons. The number of hydrogen-bond donors (Lipinski definition) is 4. The van der Waals surface area contributed by atoms with Crippen LogP contribution in [-0.4, -0.2) is 98.8 Å². The van der Waals surface area contributed by atoms with Crippen molar-refractivity contribution in [3.8, 4) is 11.8 Å². The van der Waals surface area contributed by atoms with E-state index in [0.717, 1.165) is 86.5 Å². The molecule has 0 atom stereocenters. The second-order valence-electron chi connectivity index (χ2n) is 11.7. The normalized spacial score (nSPS) is 17.6. The van der Waals surface area contributed by atoms with Crippen molar-refractivity contribution < 1.29 is 18.3 Å². The zero-order chi connectivity index (χ0) is 32.4. The summed E-state index contributed by atoms with van der Waals surface area (Å²) in [6.07, 6.45) is -3.75. The Balaban J connectivity index is 1.07. The maximum Gasteiger partial charge on any atom is 0.393 e. The lowest BCUT2D eigenvalue weighted by atomic mass is 10.0. The number of likely N-dealkylation sites (tertiary alicyclic amines) is 1. The first-order valence-corrected chi connectivity index (χ1v) is 16.9. The van der Waals surface area contributed by atoms with Crippen molar-refractivity contribution in [3.63, 3.8) is 0 Å². The number of phenolic OH excluding ortho intramolecular Hbond substituents is 1. The summed E-state index contributed by atoms with van der Waals surface area (Å²) in [5.41, 5.74) is 8.12. The Kier molecular flexibility index (Phi) is 9.78. The van der Waals surface area contributed by atoms with Crippen molar-refractivity contribution in [2.45, 2.75) is 44.6 Å². The molecule has 0 saturated carbocycles. The summed E-state index contributed by atoms with van der Waals surface area (Å²) in [5, 5.41) is 25.8. The zero-order valence-electron chi connectivity index (χ0n) is 25.5. The Hall–Kier alpha value is -3.33. The Morgan fingerprint density at radius 1 is 1.07 bits per heavy atom. The minimum absolute atomic E-state index is 0.0225. The number of alkyl halides is 3. The lowest BCUT2D eigenvalue weighted by Crippen LogP contribution is -2.45. The van der Waals surface area contributed by atoms with Gasteiger partial charge in [0.2, 0.25) is 5.95 Å². The predicted octanol–water partition coefficient (Wildman–Crippen LogP) is 4.39. The van der Waals surface area contributed by atoms with Crippen molar-refractivity contribution in [1.82, 2.24) is 33.4 Å². The molecule has 2 saturated heterocycles. The van der Waals surface area contributed by atoms with Crippen LogP contribution in [0, 0.1) is 11.3 Å². The highest BCUT2D eigenvalue weighted by atomic mass is 32.2. The van der Waals surface area contributed by atoms with Crippen molar-refractivity contribution in [2.24, 2.45) is 0 Å². The average molecular weight is 675 g/mol. The van der Waals surface area contributed by atoms with E-state index in [4.69, 9.17) is 5.73 Å². The van der Waals surface area contributed by atoms with Crippen molar-refractivity contribution in [1.29, 1.82) is 5.26 Å². The van der Waals surface area contributed by atoms with Gasteiger partial charge in [0.05, 0.1) is 17.3 Å². The van der Waals surface area contributed by atoms with Gasteiger partial charge < -0.3 is 20.7 Å². The molecule has 6 rings (SSSR count). The van der Waals surface area contributed by atoms with Gasteiger partial charge in [-0.25, -0.2) is 9.29 Å². The van der Waals surface area contributed by atoms with Crippen LogP contribution in [0.4, 0.5) is 24.9 Å². The Bertz CT molecular complexity index is 1720. The van der Waals surface area contributed by atoms with Crippen LogP contribution < -0.4 is 15.8 Å². The summed E-state index contributed by atoms with van der Waals surface area (Å²) in [6.45, 7) is 7.45. The van der Waals surface area contributed by atoms with Crippen LogP contribution >= 0.6 is 23.5 Å². The predicted molar refractivity (Wildman–Crippen MR) is 176 cm³/mol. The number of nitriles is 1. The molecular weight excluding hydrogens is 638 g/mol. The van der Waals surface area contributed by atoms with Crippen LogP contribution in [0.3, 0.4) is 0 Å². The average Bonchev–Trinajstić information content (AvgIpc) is 3.56. The largest absolute Gasteiger partial charge is 0.508 e. The number of aromatic nitrogens is 3. The summed E-state index contributed by atoms with van der Waals surface area (Å²) >= 11 is 2.62. The molecule has 1 aromatic carbocycles. The van der Waals surface area contributed by atoms with E-state index in [1.165, 1.54) is 6.07 Å². The number of piperazine rings is 1. The van der Waals surface area contributed by atoms with E-state index >= 15 is 0 Å². The molecule has 5 heterocycles. The van der Waals surface area contributed by atoms with Gasteiger partial charge in [-0.1, -0.05) is 0 Å². The molecule has 0 bridgehead atoms. The summed E-state index contributed by atoms with van der Waals surface area (Å²) in [5.74, 6) is 0.691. The first kappa shape index (κ1) is 32.6. The fraction of sp³-hybridized carbons (Fsp3) is 0.500. The number of nitrogen functional groups attached to an aromatic ring is 1. The van der Waals surface area contributed by atoms with E-state index in [1.54, 1.807) is 18.2 Å². The lowest BCUT2D eigenvalue weighted by Gasteiger charge is -2.33. The molecule has 0 unspecified atom stereocenters. The maximum atomic E-state index is 13.0.